The molecule has 0 amide bonds. The summed E-state index contributed by atoms with van der Waals surface area (Å²) in [6.07, 6.45) is 0.963. The molecule has 0 atom stereocenters. The van der Waals surface area contributed by atoms with E-state index in [0.717, 1.165) is 17.4 Å². The molecule has 0 heterocycles. The molecule has 1 aromatic rings. The first-order valence-corrected chi connectivity index (χ1v) is 5.94. The molecule has 84 valence electrons. The highest BCUT2D eigenvalue weighted by atomic mass is 79.9. The van der Waals surface area contributed by atoms with Crippen LogP contribution < -0.4 is 5.32 Å². The summed E-state index contributed by atoms with van der Waals surface area (Å²) < 4.78 is 1.15. The van der Waals surface area contributed by atoms with Crippen LogP contribution in [0.1, 0.15) is 19.4 Å². The average molecular weight is 272 g/mol. The van der Waals surface area contributed by atoms with Crippen molar-refractivity contribution in [1.29, 1.82) is 0 Å². The second-order valence-corrected chi connectivity index (χ2v) is 5.16. The Morgan fingerprint density at radius 2 is 2.00 bits per heavy atom. The van der Waals surface area contributed by atoms with Crippen LogP contribution in [0.3, 0.4) is 0 Å². The van der Waals surface area contributed by atoms with Crippen LogP contribution in [0.4, 0.5) is 0 Å². The highest BCUT2D eigenvalue weighted by Crippen LogP contribution is 2.16. The summed E-state index contributed by atoms with van der Waals surface area (Å²) in [6, 6.07) is 8.21. The van der Waals surface area contributed by atoms with E-state index in [1.54, 1.807) is 0 Å². The van der Waals surface area contributed by atoms with Gasteiger partial charge in [-0.15, -0.1) is 0 Å². The molecule has 15 heavy (non-hydrogen) atoms. The normalized spacial score (nSPS) is 11.7. The van der Waals surface area contributed by atoms with Gasteiger partial charge in [-0.05, 0) is 38.4 Å². The van der Waals surface area contributed by atoms with Gasteiger partial charge in [0, 0.05) is 10.0 Å². The smallest absolute Gasteiger partial charge is 0.0607 e. The molecule has 0 bridgehead atoms. The highest BCUT2D eigenvalue weighted by molar-refractivity contribution is 9.10. The van der Waals surface area contributed by atoms with E-state index in [0.29, 0.717) is 0 Å². The van der Waals surface area contributed by atoms with E-state index in [1.165, 1.54) is 5.56 Å². The number of nitrogens with one attached hydrogen (secondary N) is 1. The Morgan fingerprint density at radius 3 is 2.60 bits per heavy atom. The van der Waals surface area contributed by atoms with E-state index in [1.807, 2.05) is 32.0 Å². The van der Waals surface area contributed by atoms with Gasteiger partial charge in [-0.3, -0.25) is 0 Å². The summed E-state index contributed by atoms with van der Waals surface area (Å²) in [5.74, 6) is 0. The van der Waals surface area contributed by atoms with Gasteiger partial charge >= 0.3 is 0 Å². The van der Waals surface area contributed by atoms with E-state index >= 15 is 0 Å². The quantitative estimate of drug-likeness (QED) is 0.862. The minimum absolute atomic E-state index is 0.156. The Morgan fingerprint density at radius 1 is 1.33 bits per heavy atom. The average Bonchev–Trinajstić information content (AvgIpc) is 2.21. The van der Waals surface area contributed by atoms with Gasteiger partial charge in [0.2, 0.25) is 0 Å². The van der Waals surface area contributed by atoms with Crippen molar-refractivity contribution in [3.63, 3.8) is 0 Å². The molecule has 0 aliphatic carbocycles. The maximum Gasteiger partial charge on any atom is 0.0607 e. The Kier molecular flexibility index (Phi) is 4.77. The molecule has 2 nitrogen and oxygen atoms in total. The topological polar surface area (TPSA) is 32.3 Å². The Hall–Kier alpha value is -0.380. The van der Waals surface area contributed by atoms with E-state index in [4.69, 9.17) is 5.11 Å². The molecule has 0 unspecified atom stereocenters. The molecular formula is C12H18BrNO. The van der Waals surface area contributed by atoms with Crippen molar-refractivity contribution in [1.82, 2.24) is 5.32 Å². The first kappa shape index (κ1) is 12.7. The van der Waals surface area contributed by atoms with Crippen molar-refractivity contribution in [2.24, 2.45) is 0 Å². The van der Waals surface area contributed by atoms with Gasteiger partial charge < -0.3 is 10.4 Å². The largest absolute Gasteiger partial charge is 0.394 e. The molecule has 3 heteroatoms. The first-order chi connectivity index (χ1) is 7.05. The second kappa shape index (κ2) is 5.64. The van der Waals surface area contributed by atoms with Crippen molar-refractivity contribution in [3.05, 3.63) is 34.3 Å². The van der Waals surface area contributed by atoms with Crippen molar-refractivity contribution in [2.45, 2.75) is 25.8 Å². The number of aliphatic hydroxyl groups excluding tert-OH is 1. The van der Waals surface area contributed by atoms with Crippen LogP contribution in [0.5, 0.6) is 0 Å². The van der Waals surface area contributed by atoms with E-state index in [9.17, 15) is 0 Å². The fraction of sp³-hybridized carbons (Fsp3) is 0.500. The molecule has 2 N–H and O–H groups in total. The molecular weight excluding hydrogens is 254 g/mol. The molecule has 0 spiro atoms. The second-order valence-electron chi connectivity index (χ2n) is 4.31. The zero-order chi connectivity index (χ0) is 11.3. The number of halogens is 1. The third kappa shape index (κ3) is 4.33. The lowest BCUT2D eigenvalue weighted by Crippen LogP contribution is -2.43. The molecule has 0 aliphatic heterocycles. The van der Waals surface area contributed by atoms with E-state index in [2.05, 4.69) is 27.3 Å². The maximum atomic E-state index is 9.07. The standard InChI is InChI=1S/C12H18BrNO/c1-12(2,9-15)14-8-7-10-5-3-4-6-11(10)13/h3-6,14-15H,7-9H2,1-2H3. The number of hydrogen-bond acceptors (Lipinski definition) is 2. The van der Waals surface area contributed by atoms with Gasteiger partial charge in [0.25, 0.3) is 0 Å². The van der Waals surface area contributed by atoms with Crippen LogP contribution in [0, 0.1) is 0 Å². The van der Waals surface area contributed by atoms with Crippen LogP contribution in [-0.2, 0) is 6.42 Å². The SMILES string of the molecule is CC(C)(CO)NCCc1ccccc1Br. The van der Waals surface area contributed by atoms with E-state index < -0.39 is 0 Å². The van der Waals surface area contributed by atoms with Gasteiger partial charge in [-0.2, -0.15) is 0 Å². The fourth-order valence-corrected chi connectivity index (χ4v) is 1.78. The Balaban J connectivity index is 2.42. The lowest BCUT2D eigenvalue weighted by atomic mass is 10.1. The van der Waals surface area contributed by atoms with Crippen molar-refractivity contribution < 1.29 is 5.11 Å². The van der Waals surface area contributed by atoms with Crippen LogP contribution in [0.15, 0.2) is 28.7 Å². The minimum Gasteiger partial charge on any atom is -0.394 e. The molecule has 1 rings (SSSR count). The molecule has 0 aliphatic rings. The summed E-state index contributed by atoms with van der Waals surface area (Å²) in [6.45, 7) is 5.01. The van der Waals surface area contributed by atoms with E-state index in [-0.39, 0.29) is 12.1 Å². The number of aliphatic hydroxyl groups is 1. The summed E-state index contributed by atoms with van der Waals surface area (Å²) in [4.78, 5) is 0. The predicted octanol–water partition coefficient (Wildman–Crippen LogP) is 2.35. The molecule has 0 saturated heterocycles. The summed E-state index contributed by atoms with van der Waals surface area (Å²) in [5, 5.41) is 12.4. The summed E-state index contributed by atoms with van der Waals surface area (Å²) in [5.41, 5.74) is 1.10. The highest BCUT2D eigenvalue weighted by Gasteiger charge is 2.14. The predicted molar refractivity (Wildman–Crippen MR) is 67.0 cm³/mol. The first-order valence-electron chi connectivity index (χ1n) is 5.14. The monoisotopic (exact) mass is 271 g/mol. The molecule has 0 fully saturated rings. The third-order valence-electron chi connectivity index (χ3n) is 2.35. The van der Waals surface area contributed by atoms with Gasteiger partial charge in [0.05, 0.1) is 6.61 Å². The van der Waals surface area contributed by atoms with Gasteiger partial charge in [-0.1, -0.05) is 34.1 Å². The lowest BCUT2D eigenvalue weighted by Gasteiger charge is -2.23. The van der Waals surface area contributed by atoms with Crippen LogP contribution in [0.25, 0.3) is 0 Å². The summed E-state index contributed by atoms with van der Waals surface area (Å²) in [7, 11) is 0. The zero-order valence-electron chi connectivity index (χ0n) is 9.26. The zero-order valence-corrected chi connectivity index (χ0v) is 10.8. The summed E-state index contributed by atoms with van der Waals surface area (Å²) >= 11 is 3.52. The molecule has 0 aromatic heterocycles. The number of benzene rings is 1. The molecule has 0 saturated carbocycles. The Bertz CT molecular complexity index is 312. The van der Waals surface area contributed by atoms with Crippen molar-refractivity contribution >= 4 is 15.9 Å². The van der Waals surface area contributed by atoms with Crippen LogP contribution in [-0.4, -0.2) is 23.8 Å². The minimum atomic E-state index is -0.193. The number of hydrogen-bond donors (Lipinski definition) is 2. The van der Waals surface area contributed by atoms with Crippen molar-refractivity contribution in [3.8, 4) is 0 Å². The van der Waals surface area contributed by atoms with Gasteiger partial charge in [0.15, 0.2) is 0 Å². The maximum absolute atomic E-state index is 9.07. The Labute approximate surface area is 99.8 Å². The third-order valence-corrected chi connectivity index (χ3v) is 3.12. The van der Waals surface area contributed by atoms with Gasteiger partial charge in [0.1, 0.15) is 0 Å². The van der Waals surface area contributed by atoms with Gasteiger partial charge in [-0.25, -0.2) is 0 Å². The van der Waals surface area contributed by atoms with Crippen LogP contribution >= 0.6 is 15.9 Å². The molecule has 1 aromatic carbocycles. The number of rotatable bonds is 5. The molecule has 0 radical (unpaired) electrons. The van der Waals surface area contributed by atoms with Crippen molar-refractivity contribution in [2.75, 3.05) is 13.2 Å². The lowest BCUT2D eigenvalue weighted by molar-refractivity contribution is 0.189. The van der Waals surface area contributed by atoms with Crippen LogP contribution in [0.2, 0.25) is 0 Å². The fourth-order valence-electron chi connectivity index (χ4n) is 1.29.